The van der Waals surface area contributed by atoms with Gasteiger partial charge in [0.2, 0.25) is 0 Å². The Morgan fingerprint density at radius 1 is 1.40 bits per heavy atom. The SMILES string of the molecule is CN(CC(F)F)C(=O)c1cc(S(=O)(=O)Cl)cc(F)c1Cl. The van der Waals surface area contributed by atoms with Crippen LogP contribution < -0.4 is 0 Å². The third-order valence-electron chi connectivity index (χ3n) is 2.27. The highest BCUT2D eigenvalue weighted by Gasteiger charge is 2.24. The number of halogens is 5. The summed E-state index contributed by atoms with van der Waals surface area (Å²) in [6.45, 7) is -0.908. The van der Waals surface area contributed by atoms with E-state index in [9.17, 15) is 26.4 Å². The minimum atomic E-state index is -4.29. The van der Waals surface area contributed by atoms with Crippen LogP contribution in [0.5, 0.6) is 0 Å². The fourth-order valence-corrected chi connectivity index (χ4v) is 2.32. The molecule has 0 saturated carbocycles. The Labute approximate surface area is 122 Å². The van der Waals surface area contributed by atoms with Gasteiger partial charge in [0.15, 0.2) is 0 Å². The molecule has 4 nitrogen and oxygen atoms in total. The second-order valence-electron chi connectivity index (χ2n) is 3.78. The molecule has 0 fully saturated rings. The second-order valence-corrected chi connectivity index (χ2v) is 6.73. The van der Waals surface area contributed by atoms with Crippen molar-refractivity contribution in [3.05, 3.63) is 28.5 Å². The van der Waals surface area contributed by atoms with Crippen molar-refractivity contribution in [1.29, 1.82) is 0 Å². The zero-order valence-electron chi connectivity index (χ0n) is 9.91. The Morgan fingerprint density at radius 2 is 1.95 bits per heavy atom. The maximum Gasteiger partial charge on any atom is 0.261 e. The van der Waals surface area contributed by atoms with Gasteiger partial charge in [0.1, 0.15) is 5.82 Å². The van der Waals surface area contributed by atoms with E-state index in [1.54, 1.807) is 0 Å². The molecule has 1 aromatic carbocycles. The van der Waals surface area contributed by atoms with E-state index in [0.717, 1.165) is 13.1 Å². The minimum Gasteiger partial charge on any atom is -0.336 e. The van der Waals surface area contributed by atoms with Gasteiger partial charge in [-0.2, -0.15) is 0 Å². The molecule has 0 heterocycles. The summed E-state index contributed by atoms with van der Waals surface area (Å²) >= 11 is 5.54. The Morgan fingerprint density at radius 3 is 2.40 bits per heavy atom. The lowest BCUT2D eigenvalue weighted by Gasteiger charge is -2.17. The predicted octanol–water partition coefficient (Wildman–Crippen LogP) is 2.74. The lowest BCUT2D eigenvalue weighted by Crippen LogP contribution is -2.31. The van der Waals surface area contributed by atoms with E-state index < -0.39 is 49.2 Å². The van der Waals surface area contributed by atoms with Crippen LogP contribution in [0.4, 0.5) is 13.2 Å². The number of nitrogens with zero attached hydrogens (tertiary/aromatic N) is 1. The Hall–Kier alpha value is -0.990. The molecule has 0 aliphatic carbocycles. The lowest BCUT2D eigenvalue weighted by atomic mass is 10.2. The third kappa shape index (κ3) is 4.00. The minimum absolute atomic E-state index is 0.536. The van der Waals surface area contributed by atoms with Crippen LogP contribution in [0.15, 0.2) is 17.0 Å². The molecule has 0 aliphatic heterocycles. The lowest BCUT2D eigenvalue weighted by molar-refractivity contribution is 0.0620. The van der Waals surface area contributed by atoms with E-state index in [2.05, 4.69) is 0 Å². The van der Waals surface area contributed by atoms with Crippen LogP contribution in [0.25, 0.3) is 0 Å². The van der Waals surface area contributed by atoms with Gasteiger partial charge in [0.25, 0.3) is 21.4 Å². The zero-order valence-corrected chi connectivity index (χ0v) is 12.2. The smallest absolute Gasteiger partial charge is 0.261 e. The van der Waals surface area contributed by atoms with E-state index in [1.165, 1.54) is 0 Å². The first-order chi connectivity index (χ1) is 9.04. The monoisotopic (exact) mass is 349 g/mol. The van der Waals surface area contributed by atoms with Crippen molar-refractivity contribution >= 4 is 37.2 Å². The largest absolute Gasteiger partial charge is 0.336 e. The maximum atomic E-state index is 13.5. The van der Waals surface area contributed by atoms with Gasteiger partial charge in [-0.3, -0.25) is 4.79 Å². The van der Waals surface area contributed by atoms with Gasteiger partial charge in [0, 0.05) is 17.7 Å². The van der Waals surface area contributed by atoms with E-state index >= 15 is 0 Å². The number of alkyl halides is 2. The fourth-order valence-electron chi connectivity index (χ4n) is 1.36. The molecule has 20 heavy (non-hydrogen) atoms. The van der Waals surface area contributed by atoms with Crippen LogP contribution in [0, 0.1) is 5.82 Å². The van der Waals surface area contributed by atoms with Gasteiger partial charge in [0.05, 0.1) is 22.0 Å². The van der Waals surface area contributed by atoms with Crippen LogP contribution in [-0.2, 0) is 9.05 Å². The summed E-state index contributed by atoms with van der Waals surface area (Å²) in [5.74, 6) is -2.24. The van der Waals surface area contributed by atoms with Crippen LogP contribution in [0.3, 0.4) is 0 Å². The number of carbonyl (C=O) groups excluding carboxylic acids is 1. The van der Waals surface area contributed by atoms with Gasteiger partial charge < -0.3 is 4.90 Å². The van der Waals surface area contributed by atoms with Crippen molar-refractivity contribution in [2.45, 2.75) is 11.3 Å². The number of rotatable bonds is 4. The van der Waals surface area contributed by atoms with Crippen molar-refractivity contribution in [3.8, 4) is 0 Å². The molecule has 0 radical (unpaired) electrons. The van der Waals surface area contributed by atoms with Gasteiger partial charge >= 0.3 is 0 Å². The van der Waals surface area contributed by atoms with E-state index in [-0.39, 0.29) is 0 Å². The molecular weight excluding hydrogens is 342 g/mol. The first-order valence-electron chi connectivity index (χ1n) is 5.01. The molecule has 1 rings (SSSR count). The van der Waals surface area contributed by atoms with Crippen molar-refractivity contribution in [2.24, 2.45) is 0 Å². The van der Waals surface area contributed by atoms with Crippen LogP contribution in [-0.4, -0.2) is 39.2 Å². The highest BCUT2D eigenvalue weighted by atomic mass is 35.7. The average molecular weight is 350 g/mol. The topological polar surface area (TPSA) is 54.5 Å². The normalized spacial score (nSPS) is 11.8. The molecule has 0 N–H and O–H groups in total. The number of hydrogen-bond donors (Lipinski definition) is 0. The summed E-state index contributed by atoms with van der Waals surface area (Å²) in [6.07, 6.45) is -2.80. The Kier molecular flexibility index (Phi) is 5.28. The number of hydrogen-bond acceptors (Lipinski definition) is 3. The number of carbonyl (C=O) groups is 1. The first kappa shape index (κ1) is 17.1. The summed E-state index contributed by atoms with van der Waals surface area (Å²) in [5, 5.41) is -0.666. The molecule has 112 valence electrons. The van der Waals surface area contributed by atoms with Gasteiger partial charge in [-0.05, 0) is 12.1 Å². The molecule has 0 atom stereocenters. The Bertz CT molecular complexity index is 637. The maximum absolute atomic E-state index is 13.5. The third-order valence-corrected chi connectivity index (χ3v) is 3.99. The standard InChI is InChI=1S/C10H8Cl2F3NO3S/c1-16(4-8(14)15)10(17)6-2-5(20(12,18)19)3-7(13)9(6)11/h2-3,8H,4H2,1H3. The molecule has 0 aromatic heterocycles. The highest BCUT2D eigenvalue weighted by Crippen LogP contribution is 2.27. The van der Waals surface area contributed by atoms with Crippen molar-refractivity contribution in [2.75, 3.05) is 13.6 Å². The van der Waals surface area contributed by atoms with Gasteiger partial charge in [-0.15, -0.1) is 0 Å². The quantitative estimate of drug-likeness (QED) is 0.785. The van der Waals surface area contributed by atoms with E-state index in [0.29, 0.717) is 11.0 Å². The average Bonchev–Trinajstić information content (AvgIpc) is 2.29. The second kappa shape index (κ2) is 6.19. The molecule has 1 amide bonds. The molecule has 0 bridgehead atoms. The summed E-state index contributed by atoms with van der Waals surface area (Å²) in [4.78, 5) is 11.7. The molecule has 10 heteroatoms. The van der Waals surface area contributed by atoms with Crippen LogP contribution in [0.1, 0.15) is 10.4 Å². The fraction of sp³-hybridized carbons (Fsp3) is 0.300. The van der Waals surface area contributed by atoms with E-state index in [1.807, 2.05) is 0 Å². The summed E-state index contributed by atoms with van der Waals surface area (Å²) in [5.41, 5.74) is -0.561. The van der Waals surface area contributed by atoms with Crippen molar-refractivity contribution in [1.82, 2.24) is 4.90 Å². The van der Waals surface area contributed by atoms with Crippen LogP contribution >= 0.6 is 22.3 Å². The summed E-state index contributed by atoms with van der Waals surface area (Å²) < 4.78 is 60.1. The molecule has 0 saturated heterocycles. The van der Waals surface area contributed by atoms with Crippen LogP contribution in [0.2, 0.25) is 5.02 Å². The van der Waals surface area contributed by atoms with Gasteiger partial charge in [-0.1, -0.05) is 11.6 Å². The van der Waals surface area contributed by atoms with Gasteiger partial charge in [-0.25, -0.2) is 21.6 Å². The molecule has 1 aromatic rings. The summed E-state index contributed by atoms with van der Waals surface area (Å²) in [7, 11) is 1.80. The molecule has 0 spiro atoms. The predicted molar refractivity (Wildman–Crippen MR) is 67.4 cm³/mol. The molecule has 0 unspecified atom stereocenters. The van der Waals surface area contributed by atoms with Crippen molar-refractivity contribution < 1.29 is 26.4 Å². The summed E-state index contributed by atoms with van der Waals surface area (Å²) in [6, 6.07) is 1.27. The van der Waals surface area contributed by atoms with E-state index in [4.69, 9.17) is 22.3 Å². The highest BCUT2D eigenvalue weighted by molar-refractivity contribution is 8.13. The number of amides is 1. The number of benzene rings is 1. The molecule has 0 aliphatic rings. The first-order valence-corrected chi connectivity index (χ1v) is 7.70. The molecular formula is C10H8Cl2F3NO3S. The Balaban J connectivity index is 3.31. The zero-order chi connectivity index (χ0) is 15.7. The van der Waals surface area contributed by atoms with Crippen molar-refractivity contribution in [3.63, 3.8) is 0 Å².